The van der Waals surface area contributed by atoms with Crippen molar-refractivity contribution in [2.24, 2.45) is 0 Å². The highest BCUT2D eigenvalue weighted by molar-refractivity contribution is 6.32. The molecular weight excluding hydrogens is 464 g/mol. The van der Waals surface area contributed by atoms with Gasteiger partial charge in [-0.1, -0.05) is 61.3 Å². The molecule has 0 atom stereocenters. The third kappa shape index (κ3) is 4.52. The molecule has 2 heterocycles. The number of benzene rings is 2. The van der Waals surface area contributed by atoms with Gasteiger partial charge in [0, 0.05) is 16.5 Å². The Labute approximate surface area is 191 Å². The molecule has 4 aromatic rings. The zero-order chi connectivity index (χ0) is 23.0. The van der Waals surface area contributed by atoms with Gasteiger partial charge in [0.25, 0.3) is 0 Å². The molecule has 4 rings (SSSR count). The summed E-state index contributed by atoms with van der Waals surface area (Å²) >= 11 is 12.5. The zero-order valence-electron chi connectivity index (χ0n) is 17.0. The van der Waals surface area contributed by atoms with Crippen molar-refractivity contribution in [1.82, 2.24) is 19.7 Å². The van der Waals surface area contributed by atoms with Crippen molar-refractivity contribution in [2.45, 2.75) is 25.9 Å². The molecule has 0 aliphatic rings. The summed E-state index contributed by atoms with van der Waals surface area (Å²) in [6, 6.07) is 14.0. The number of para-hydroxylation sites is 1. The fourth-order valence-corrected chi connectivity index (χ4v) is 3.47. The molecule has 0 bridgehead atoms. The van der Waals surface area contributed by atoms with Crippen LogP contribution in [0.4, 0.5) is 13.2 Å². The number of hydrogen-bond donors (Lipinski definition) is 0. The quantitative estimate of drug-likeness (QED) is 0.313. The third-order valence-electron chi connectivity index (χ3n) is 4.59. The summed E-state index contributed by atoms with van der Waals surface area (Å²) in [5.41, 5.74) is 2.22. The maximum absolute atomic E-state index is 12.9. The minimum atomic E-state index is -4.53. The number of ether oxygens (including phenoxy) is 1. The van der Waals surface area contributed by atoms with Gasteiger partial charge in [0.15, 0.2) is 12.1 Å². The maximum atomic E-state index is 12.9. The second-order valence-corrected chi connectivity index (χ2v) is 8.21. The molecule has 0 spiro atoms. The van der Waals surface area contributed by atoms with Crippen LogP contribution in [-0.2, 0) is 0 Å². The van der Waals surface area contributed by atoms with Gasteiger partial charge >= 0.3 is 6.18 Å². The van der Waals surface area contributed by atoms with E-state index in [2.05, 4.69) is 15.1 Å². The van der Waals surface area contributed by atoms with Crippen LogP contribution in [0.1, 0.15) is 25.6 Å². The highest BCUT2D eigenvalue weighted by Gasteiger charge is 2.30. The van der Waals surface area contributed by atoms with E-state index in [1.54, 1.807) is 48.5 Å². The molecule has 0 radical (unpaired) electrons. The van der Waals surface area contributed by atoms with Crippen molar-refractivity contribution >= 4 is 34.2 Å². The van der Waals surface area contributed by atoms with Crippen molar-refractivity contribution in [1.29, 1.82) is 0 Å². The Kier molecular flexibility index (Phi) is 6.01. The molecule has 166 valence electrons. The first-order chi connectivity index (χ1) is 15.1. The second-order valence-electron chi connectivity index (χ2n) is 7.36. The van der Waals surface area contributed by atoms with Crippen molar-refractivity contribution in [3.05, 3.63) is 64.4 Å². The van der Waals surface area contributed by atoms with Crippen LogP contribution >= 0.6 is 23.2 Å². The highest BCUT2D eigenvalue weighted by atomic mass is 35.5. The molecule has 5 nitrogen and oxygen atoms in total. The average molecular weight is 481 g/mol. The predicted molar refractivity (Wildman–Crippen MR) is 118 cm³/mol. The highest BCUT2D eigenvalue weighted by Crippen LogP contribution is 2.36. The Bertz CT molecular complexity index is 1270. The van der Waals surface area contributed by atoms with Gasteiger partial charge < -0.3 is 4.74 Å². The molecule has 0 saturated carbocycles. The molecule has 32 heavy (non-hydrogen) atoms. The monoisotopic (exact) mass is 480 g/mol. The number of aromatic nitrogens is 4. The van der Waals surface area contributed by atoms with E-state index in [1.165, 1.54) is 4.68 Å². The SMILES string of the molecule is CC(C)c1nc(OCC(F)(F)F)c2nn(-c3ccccc3Cl)c(-c3ccc(Cl)cc3)c2n1. The van der Waals surface area contributed by atoms with Gasteiger partial charge in [0.1, 0.15) is 17.0 Å². The smallest absolute Gasteiger partial charge is 0.422 e. The number of nitrogens with zero attached hydrogens (tertiary/aromatic N) is 4. The molecule has 0 saturated heterocycles. The lowest BCUT2D eigenvalue weighted by atomic mass is 10.1. The normalized spacial score (nSPS) is 12.0. The molecule has 0 N–H and O–H groups in total. The maximum Gasteiger partial charge on any atom is 0.422 e. The molecule has 0 unspecified atom stereocenters. The largest absolute Gasteiger partial charge is 0.466 e. The van der Waals surface area contributed by atoms with E-state index in [0.29, 0.717) is 38.3 Å². The predicted octanol–water partition coefficient (Wildman–Crippen LogP) is 6.85. The molecule has 2 aromatic heterocycles. The Morgan fingerprint density at radius 1 is 0.969 bits per heavy atom. The summed E-state index contributed by atoms with van der Waals surface area (Å²) in [6.07, 6.45) is -4.53. The van der Waals surface area contributed by atoms with Crippen LogP contribution in [-0.4, -0.2) is 32.5 Å². The van der Waals surface area contributed by atoms with E-state index in [-0.39, 0.29) is 17.3 Å². The Morgan fingerprint density at radius 2 is 1.66 bits per heavy atom. The summed E-state index contributed by atoms with van der Waals surface area (Å²) in [7, 11) is 0. The first kappa shape index (κ1) is 22.4. The lowest BCUT2D eigenvalue weighted by Crippen LogP contribution is -2.20. The lowest BCUT2D eigenvalue weighted by Gasteiger charge is -2.11. The van der Waals surface area contributed by atoms with E-state index in [1.807, 2.05) is 13.8 Å². The van der Waals surface area contributed by atoms with Gasteiger partial charge in [0.2, 0.25) is 5.88 Å². The van der Waals surface area contributed by atoms with Crippen LogP contribution in [0.3, 0.4) is 0 Å². The van der Waals surface area contributed by atoms with Gasteiger partial charge in [-0.2, -0.15) is 23.3 Å². The Morgan fingerprint density at radius 3 is 2.28 bits per heavy atom. The van der Waals surface area contributed by atoms with E-state index in [9.17, 15) is 13.2 Å². The van der Waals surface area contributed by atoms with Crippen molar-refractivity contribution < 1.29 is 17.9 Å². The van der Waals surface area contributed by atoms with Gasteiger partial charge in [-0.15, -0.1) is 0 Å². The second kappa shape index (κ2) is 8.60. The van der Waals surface area contributed by atoms with E-state index >= 15 is 0 Å². The number of halogens is 5. The fourth-order valence-electron chi connectivity index (χ4n) is 3.13. The van der Waals surface area contributed by atoms with Gasteiger partial charge in [-0.25, -0.2) is 9.67 Å². The standard InChI is InChI=1S/C22H17Cl2F3N4O/c1-12(2)20-28-17-18(21(29-20)32-11-22(25,26)27)30-31(16-6-4-3-5-15(16)24)19(17)13-7-9-14(23)10-8-13/h3-10,12H,11H2,1-2H3. The minimum Gasteiger partial charge on any atom is -0.466 e. The van der Waals surface area contributed by atoms with Gasteiger partial charge in [0.05, 0.1) is 10.7 Å². The summed E-state index contributed by atoms with van der Waals surface area (Å²) in [6.45, 7) is 2.19. The van der Waals surface area contributed by atoms with Crippen LogP contribution in [0.5, 0.6) is 5.88 Å². The topological polar surface area (TPSA) is 52.8 Å². The molecule has 2 aromatic carbocycles. The van der Waals surface area contributed by atoms with Crippen LogP contribution in [0, 0.1) is 0 Å². The molecule has 10 heteroatoms. The van der Waals surface area contributed by atoms with E-state index in [4.69, 9.17) is 27.9 Å². The fraction of sp³-hybridized carbons (Fsp3) is 0.227. The van der Waals surface area contributed by atoms with E-state index < -0.39 is 12.8 Å². The summed E-state index contributed by atoms with van der Waals surface area (Å²) in [4.78, 5) is 8.84. The third-order valence-corrected chi connectivity index (χ3v) is 5.16. The zero-order valence-corrected chi connectivity index (χ0v) is 18.5. The number of rotatable bonds is 5. The Balaban J connectivity index is 2.04. The van der Waals surface area contributed by atoms with Crippen molar-refractivity contribution in [3.8, 4) is 22.8 Å². The first-order valence-corrected chi connectivity index (χ1v) is 10.4. The molecule has 0 fully saturated rings. The molecule has 0 aliphatic heterocycles. The summed E-state index contributed by atoms with van der Waals surface area (Å²) < 4.78 is 45.2. The summed E-state index contributed by atoms with van der Waals surface area (Å²) in [5.74, 6) is -0.0602. The van der Waals surface area contributed by atoms with Gasteiger partial charge in [-0.05, 0) is 24.3 Å². The Hall–Kier alpha value is -2.84. The van der Waals surface area contributed by atoms with Crippen molar-refractivity contribution in [3.63, 3.8) is 0 Å². The number of fused-ring (bicyclic) bond motifs is 1. The lowest BCUT2D eigenvalue weighted by molar-refractivity contribution is -0.153. The van der Waals surface area contributed by atoms with Crippen LogP contribution < -0.4 is 4.74 Å². The molecular formula is C22H17Cl2F3N4O. The molecule has 0 amide bonds. The van der Waals surface area contributed by atoms with Crippen LogP contribution in [0.15, 0.2) is 48.5 Å². The average Bonchev–Trinajstić information content (AvgIpc) is 3.11. The van der Waals surface area contributed by atoms with Crippen LogP contribution in [0.25, 0.3) is 28.0 Å². The van der Waals surface area contributed by atoms with Crippen LogP contribution in [0.2, 0.25) is 10.0 Å². The number of hydrogen-bond acceptors (Lipinski definition) is 4. The minimum absolute atomic E-state index is 0.100. The number of alkyl halides is 3. The van der Waals surface area contributed by atoms with E-state index in [0.717, 1.165) is 0 Å². The van der Waals surface area contributed by atoms with Gasteiger partial charge in [-0.3, -0.25) is 0 Å². The molecule has 0 aliphatic carbocycles. The first-order valence-electron chi connectivity index (χ1n) is 9.65. The summed E-state index contributed by atoms with van der Waals surface area (Å²) in [5, 5.41) is 5.47. The van der Waals surface area contributed by atoms with Crippen molar-refractivity contribution in [2.75, 3.05) is 6.61 Å².